The molecule has 12 N–H and O–H groups in total. The number of aliphatic carboxylic acids is 1. The van der Waals surface area contributed by atoms with Crippen molar-refractivity contribution in [3.05, 3.63) is 0 Å². The summed E-state index contributed by atoms with van der Waals surface area (Å²) in [4.78, 5) is 129. The van der Waals surface area contributed by atoms with Gasteiger partial charge >= 0.3 is 5.97 Å². The Balaban J connectivity index is 2.19. The van der Waals surface area contributed by atoms with Gasteiger partial charge in [0, 0.05) is 32.2 Å². The molecule has 0 aromatic rings. The first-order chi connectivity index (χ1) is 28.7. The van der Waals surface area contributed by atoms with Crippen LogP contribution in [0.3, 0.4) is 0 Å². The van der Waals surface area contributed by atoms with Crippen molar-refractivity contribution in [2.75, 3.05) is 19.8 Å². The minimum Gasteiger partial charge on any atom is -0.480 e. The molecule has 8 amide bonds. The molecule has 2 aliphatic rings. The highest BCUT2D eigenvalue weighted by molar-refractivity contribution is 5.97. The molecule has 1 saturated heterocycles. The maximum absolute atomic E-state index is 13.9. The number of hydrogen-bond donors (Lipinski definition) is 11. The lowest BCUT2D eigenvalue weighted by Gasteiger charge is -2.32. The van der Waals surface area contributed by atoms with Crippen molar-refractivity contribution in [2.45, 2.75) is 153 Å². The monoisotopic (exact) mass is 868 g/mol. The number of nitrogens with two attached hydrogens (primary N) is 1. The summed E-state index contributed by atoms with van der Waals surface area (Å²) < 4.78 is 0. The zero-order valence-electron chi connectivity index (χ0n) is 35.3. The average Bonchev–Trinajstić information content (AvgIpc) is 3.60. The summed E-state index contributed by atoms with van der Waals surface area (Å²) in [5.74, 6) is -8.94. The number of aliphatic hydroxyl groups excluding tert-OH is 3. The number of nitrogens with zero attached hydrogens (tertiary/aromatic N) is 1. The molecule has 22 heteroatoms. The Hall–Kier alpha value is -5.22. The maximum atomic E-state index is 13.9. The number of β-amino-alcohol motifs (C(OH)–C–C–N with tert-alkyl or cyclic N) is 1. The first-order valence-electron chi connectivity index (χ1n) is 20.7. The van der Waals surface area contributed by atoms with Gasteiger partial charge in [0.2, 0.25) is 47.3 Å². The molecule has 0 bridgehead atoms. The van der Waals surface area contributed by atoms with E-state index in [9.17, 15) is 68.4 Å². The molecule has 2 fully saturated rings. The van der Waals surface area contributed by atoms with Gasteiger partial charge in [0.1, 0.15) is 48.1 Å². The molecular weight excluding hydrogens is 804 g/mol. The molecule has 0 radical (unpaired) electrons. The minimum absolute atomic E-state index is 0.0291. The summed E-state index contributed by atoms with van der Waals surface area (Å²) in [5.41, 5.74) is 5.31. The fourth-order valence-corrected chi connectivity index (χ4v) is 7.20. The third-order valence-electron chi connectivity index (χ3n) is 10.5. The van der Waals surface area contributed by atoms with Crippen molar-refractivity contribution < 1.29 is 68.4 Å². The van der Waals surface area contributed by atoms with Crippen LogP contribution in [0.15, 0.2) is 0 Å². The van der Waals surface area contributed by atoms with E-state index in [1.807, 2.05) is 0 Å². The number of ketones is 1. The van der Waals surface area contributed by atoms with Crippen molar-refractivity contribution in [3.8, 4) is 0 Å². The largest absolute Gasteiger partial charge is 0.480 e. The summed E-state index contributed by atoms with van der Waals surface area (Å²) >= 11 is 0. The molecule has 1 heterocycles. The topological polar surface area (TPSA) is 353 Å². The third kappa shape index (κ3) is 17.4. The van der Waals surface area contributed by atoms with Crippen LogP contribution >= 0.6 is 0 Å². The second kappa shape index (κ2) is 25.5. The number of aliphatic hydroxyl groups is 3. The van der Waals surface area contributed by atoms with Crippen molar-refractivity contribution in [1.82, 2.24) is 36.8 Å². The molecule has 1 aliphatic heterocycles. The lowest BCUT2D eigenvalue weighted by molar-refractivity contribution is -0.143. The molecule has 22 nitrogen and oxygen atoms in total. The third-order valence-corrected chi connectivity index (χ3v) is 10.5. The van der Waals surface area contributed by atoms with Crippen LogP contribution in [0.5, 0.6) is 0 Å². The average molecular weight is 869 g/mol. The predicted octanol–water partition coefficient (Wildman–Crippen LogP) is -3.40. The Labute approximate surface area is 354 Å². The van der Waals surface area contributed by atoms with Crippen LogP contribution < -0.4 is 37.6 Å². The van der Waals surface area contributed by atoms with E-state index in [1.54, 1.807) is 13.8 Å². The van der Waals surface area contributed by atoms with Gasteiger partial charge < -0.3 is 67.8 Å². The van der Waals surface area contributed by atoms with E-state index < -0.39 is 127 Å². The molecule has 8 atom stereocenters. The molecule has 1 saturated carbocycles. The van der Waals surface area contributed by atoms with Gasteiger partial charge in [0.05, 0.1) is 19.3 Å². The summed E-state index contributed by atoms with van der Waals surface area (Å²) in [6, 6.07) is -9.91. The standard InChI is InChI=1S/C39H64N8O14/c1-20(2)15-26(39(60)61)43-35(56)27(18-48)45-34(55)25(13-14-30(40)52)42-38(59)32(23-10-6-5-7-11-23)46-36(57)28(19-49)44-33(54)22(4)41-37(58)29-16-24(51)17-47(29)31(53)12-8-9-21(3)50/h20,22-29,32,48-49,51H,5-19H2,1-4H3,(H2,40,52)(H,41,58)(H,42,59)(H,43,56)(H,44,54)(H,45,55)(H,46,57)(H,60,61)/t22-,24+,25-,26-,27-,28-,29-,32-/m0/s1. The number of carbonyl (C=O) groups is 10. The Morgan fingerprint density at radius 3 is 1.77 bits per heavy atom. The van der Waals surface area contributed by atoms with Crippen molar-refractivity contribution in [1.29, 1.82) is 0 Å². The van der Waals surface area contributed by atoms with Crippen molar-refractivity contribution in [2.24, 2.45) is 17.6 Å². The molecule has 0 aromatic carbocycles. The number of hydrogen-bond acceptors (Lipinski definition) is 13. The number of nitrogens with one attached hydrogen (secondary N) is 6. The smallest absolute Gasteiger partial charge is 0.326 e. The molecular formula is C39H64N8O14. The predicted molar refractivity (Wildman–Crippen MR) is 214 cm³/mol. The second-order valence-corrected chi connectivity index (χ2v) is 16.2. The zero-order valence-corrected chi connectivity index (χ0v) is 35.3. The van der Waals surface area contributed by atoms with Crippen LogP contribution in [-0.4, -0.2) is 152 Å². The fourth-order valence-electron chi connectivity index (χ4n) is 7.20. The van der Waals surface area contributed by atoms with Crippen LogP contribution in [0.4, 0.5) is 0 Å². The molecule has 61 heavy (non-hydrogen) atoms. The summed E-state index contributed by atoms with van der Waals surface area (Å²) in [5, 5.41) is 54.2. The van der Waals surface area contributed by atoms with E-state index in [1.165, 1.54) is 18.7 Å². The lowest BCUT2D eigenvalue weighted by atomic mass is 9.83. The molecule has 0 spiro atoms. The normalized spacial score (nSPS) is 19.6. The van der Waals surface area contributed by atoms with E-state index in [0.717, 1.165) is 6.42 Å². The number of carboxylic acids is 1. The van der Waals surface area contributed by atoms with Crippen LogP contribution in [0.2, 0.25) is 0 Å². The number of Topliss-reactive ketones (excluding diaryl/α,β-unsaturated/α-hetero) is 1. The number of carboxylic acid groups (broad SMARTS) is 1. The number of likely N-dealkylation sites (tertiary alicyclic amines) is 1. The van der Waals surface area contributed by atoms with Crippen LogP contribution in [0, 0.1) is 11.8 Å². The van der Waals surface area contributed by atoms with Crippen LogP contribution in [-0.2, 0) is 47.9 Å². The summed E-state index contributed by atoms with van der Waals surface area (Å²) in [6.45, 7) is 4.13. The fraction of sp³-hybridized carbons (Fsp3) is 0.744. The first-order valence-corrected chi connectivity index (χ1v) is 20.7. The van der Waals surface area contributed by atoms with Gasteiger partial charge in [-0.15, -0.1) is 0 Å². The molecule has 2 rings (SSSR count). The minimum atomic E-state index is -1.65. The SMILES string of the molecule is CC(=O)CCCC(=O)N1C[C@H](O)C[C@H]1C(=O)N[C@@H](C)C(=O)N[C@@H](CO)C(=O)N[C@H](C(=O)N[C@@H](CCC(N)=O)C(=O)N[C@@H](CO)C(=O)N[C@@H](CC(C)C)C(=O)O)C1CCCCC1. The van der Waals surface area contributed by atoms with Gasteiger partial charge in [-0.1, -0.05) is 33.1 Å². The van der Waals surface area contributed by atoms with Gasteiger partial charge in [-0.2, -0.15) is 0 Å². The number of carbonyl (C=O) groups excluding carboxylic acids is 9. The zero-order chi connectivity index (χ0) is 46.0. The van der Waals surface area contributed by atoms with Crippen LogP contribution in [0.25, 0.3) is 0 Å². The number of rotatable bonds is 25. The first kappa shape index (κ1) is 51.9. The van der Waals surface area contributed by atoms with E-state index in [-0.39, 0.29) is 56.8 Å². The molecule has 0 aromatic heterocycles. The number of primary amides is 1. The Bertz CT molecular complexity index is 1590. The van der Waals surface area contributed by atoms with E-state index >= 15 is 0 Å². The molecule has 344 valence electrons. The van der Waals surface area contributed by atoms with E-state index in [0.29, 0.717) is 25.7 Å². The second-order valence-electron chi connectivity index (χ2n) is 16.2. The maximum Gasteiger partial charge on any atom is 0.326 e. The highest BCUT2D eigenvalue weighted by Crippen LogP contribution is 2.27. The summed E-state index contributed by atoms with van der Waals surface area (Å²) in [7, 11) is 0. The van der Waals surface area contributed by atoms with Crippen LogP contribution in [0.1, 0.15) is 105 Å². The Morgan fingerprint density at radius 1 is 0.689 bits per heavy atom. The Kier molecular flexibility index (Phi) is 21.7. The highest BCUT2D eigenvalue weighted by Gasteiger charge is 2.40. The van der Waals surface area contributed by atoms with Crippen molar-refractivity contribution >= 4 is 59.0 Å². The molecule has 0 unspecified atom stereocenters. The van der Waals surface area contributed by atoms with Gasteiger partial charge in [-0.05, 0) is 57.8 Å². The van der Waals surface area contributed by atoms with Gasteiger partial charge in [0.25, 0.3) is 0 Å². The summed E-state index contributed by atoms with van der Waals surface area (Å²) in [6.07, 6.45) is 1.73. The highest BCUT2D eigenvalue weighted by atomic mass is 16.4. The number of amides is 8. The van der Waals surface area contributed by atoms with E-state index in [2.05, 4.69) is 31.9 Å². The van der Waals surface area contributed by atoms with Gasteiger partial charge in [0.15, 0.2) is 0 Å². The van der Waals surface area contributed by atoms with Gasteiger partial charge in [-0.25, -0.2) is 4.79 Å². The molecule has 1 aliphatic carbocycles. The van der Waals surface area contributed by atoms with E-state index in [4.69, 9.17) is 5.73 Å². The Morgan fingerprint density at radius 2 is 1.23 bits per heavy atom. The quantitative estimate of drug-likeness (QED) is 0.0426. The van der Waals surface area contributed by atoms with Crippen molar-refractivity contribution in [3.63, 3.8) is 0 Å². The van der Waals surface area contributed by atoms with Gasteiger partial charge in [-0.3, -0.25) is 38.4 Å². The lowest BCUT2D eigenvalue weighted by Crippen LogP contribution is -2.61.